The number of alkyl halides is 2. The number of hydrogen-bond acceptors (Lipinski definition) is 3. The van der Waals surface area contributed by atoms with Crippen LogP contribution in [-0.4, -0.2) is 21.2 Å². The molecule has 4 nitrogen and oxygen atoms in total. The lowest BCUT2D eigenvalue weighted by atomic mass is 10.1. The van der Waals surface area contributed by atoms with Crippen LogP contribution < -0.4 is 5.32 Å². The van der Waals surface area contributed by atoms with E-state index in [4.69, 9.17) is 0 Å². The Kier molecular flexibility index (Phi) is 6.01. The van der Waals surface area contributed by atoms with Gasteiger partial charge in [-0.1, -0.05) is 36.0 Å². The summed E-state index contributed by atoms with van der Waals surface area (Å²) in [7, 11) is 0. The van der Waals surface area contributed by atoms with Gasteiger partial charge >= 0.3 is 0 Å². The molecule has 0 radical (unpaired) electrons. The molecule has 2 aromatic carbocycles. The maximum atomic E-state index is 12.3. The molecule has 1 aromatic heterocycles. The van der Waals surface area contributed by atoms with Crippen LogP contribution in [0.3, 0.4) is 0 Å². The summed E-state index contributed by atoms with van der Waals surface area (Å²) < 4.78 is 26.6. The van der Waals surface area contributed by atoms with Gasteiger partial charge in [-0.25, -0.2) is 4.98 Å². The molecule has 0 atom stereocenters. The van der Waals surface area contributed by atoms with E-state index in [-0.39, 0.29) is 5.91 Å². The van der Waals surface area contributed by atoms with Gasteiger partial charge in [0.05, 0.1) is 6.33 Å². The number of imidazole rings is 1. The van der Waals surface area contributed by atoms with Crippen molar-refractivity contribution in [3.63, 3.8) is 0 Å². The summed E-state index contributed by atoms with van der Waals surface area (Å²) in [6.45, 7) is 1.15. The Morgan fingerprint density at radius 1 is 1.08 bits per heavy atom. The van der Waals surface area contributed by atoms with E-state index in [1.807, 2.05) is 35.0 Å². The third kappa shape index (κ3) is 5.16. The van der Waals surface area contributed by atoms with Gasteiger partial charge in [0.25, 0.3) is 11.7 Å². The Morgan fingerprint density at radius 2 is 1.77 bits per heavy atom. The van der Waals surface area contributed by atoms with Gasteiger partial charge in [-0.2, -0.15) is 8.78 Å². The number of halogens is 2. The van der Waals surface area contributed by atoms with E-state index in [1.54, 1.807) is 24.7 Å². The molecule has 3 aromatic rings. The maximum Gasteiger partial charge on any atom is 0.288 e. The third-order valence-corrected chi connectivity index (χ3v) is 4.46. The van der Waals surface area contributed by atoms with Gasteiger partial charge in [0, 0.05) is 35.9 Å². The van der Waals surface area contributed by atoms with Gasteiger partial charge in [-0.05, 0) is 35.4 Å². The molecule has 134 valence electrons. The molecule has 0 fully saturated rings. The van der Waals surface area contributed by atoms with Crippen molar-refractivity contribution in [2.24, 2.45) is 0 Å². The zero-order valence-electron chi connectivity index (χ0n) is 13.8. The van der Waals surface area contributed by atoms with Crippen LogP contribution in [0.2, 0.25) is 0 Å². The fraction of sp³-hybridized carbons (Fsp3) is 0.158. The molecular weight excluding hydrogens is 356 g/mol. The second kappa shape index (κ2) is 8.62. The Balaban J connectivity index is 1.52. The number of carbonyl (C=O) groups is 1. The lowest BCUT2D eigenvalue weighted by molar-refractivity contribution is 0.0951. The zero-order valence-corrected chi connectivity index (χ0v) is 14.6. The van der Waals surface area contributed by atoms with Crippen molar-refractivity contribution in [3.8, 4) is 0 Å². The number of thioether (sulfide) groups is 1. The predicted octanol–water partition coefficient (Wildman–Crippen LogP) is 4.18. The molecule has 0 spiro atoms. The first-order valence-corrected chi connectivity index (χ1v) is 8.85. The van der Waals surface area contributed by atoms with E-state index < -0.39 is 5.76 Å². The fourth-order valence-electron chi connectivity index (χ4n) is 2.43. The summed E-state index contributed by atoms with van der Waals surface area (Å²) in [5.74, 6) is -2.70. The summed E-state index contributed by atoms with van der Waals surface area (Å²) in [6.07, 6.45) is 5.40. The van der Waals surface area contributed by atoms with Crippen molar-refractivity contribution in [2.75, 3.05) is 0 Å². The molecular formula is C19H17F2N3OS. The normalized spacial score (nSPS) is 10.9. The van der Waals surface area contributed by atoms with Gasteiger partial charge in [0.15, 0.2) is 0 Å². The highest BCUT2D eigenvalue weighted by Crippen LogP contribution is 2.25. The largest absolute Gasteiger partial charge is 0.348 e. The Morgan fingerprint density at radius 3 is 2.38 bits per heavy atom. The molecule has 1 amide bonds. The predicted molar refractivity (Wildman–Crippen MR) is 97.2 cm³/mol. The SMILES string of the molecule is O=C(NCc1ccc(Cn2ccnc2)cc1)c1ccc(SC(F)F)cc1. The Hall–Kier alpha value is -2.67. The quantitative estimate of drug-likeness (QED) is 0.632. The van der Waals surface area contributed by atoms with Crippen molar-refractivity contribution < 1.29 is 13.6 Å². The highest BCUT2D eigenvalue weighted by molar-refractivity contribution is 7.99. The van der Waals surface area contributed by atoms with Gasteiger partial charge < -0.3 is 9.88 Å². The number of benzene rings is 2. The lowest BCUT2D eigenvalue weighted by Gasteiger charge is -2.08. The smallest absolute Gasteiger partial charge is 0.288 e. The van der Waals surface area contributed by atoms with Crippen LogP contribution in [0.15, 0.2) is 72.1 Å². The van der Waals surface area contributed by atoms with Gasteiger partial charge in [-0.15, -0.1) is 0 Å². The molecule has 0 unspecified atom stereocenters. The summed E-state index contributed by atoms with van der Waals surface area (Å²) in [6, 6.07) is 14.1. The number of hydrogen-bond donors (Lipinski definition) is 1. The van der Waals surface area contributed by atoms with Gasteiger partial charge in [0.1, 0.15) is 0 Å². The molecule has 0 aliphatic carbocycles. The van der Waals surface area contributed by atoms with Crippen molar-refractivity contribution in [2.45, 2.75) is 23.7 Å². The fourth-order valence-corrected chi connectivity index (χ4v) is 2.92. The number of amides is 1. The molecule has 1 N–H and O–H groups in total. The standard InChI is InChI=1S/C19H17F2N3OS/c20-19(21)26-17-7-5-16(6-8-17)18(25)23-11-14-1-3-15(4-2-14)12-24-10-9-22-13-24/h1-10,13,19H,11-12H2,(H,23,25). The van der Waals surface area contributed by atoms with Crippen molar-refractivity contribution in [1.29, 1.82) is 0 Å². The van der Waals surface area contributed by atoms with Crippen LogP contribution in [0.4, 0.5) is 8.78 Å². The first kappa shape index (κ1) is 18.1. The highest BCUT2D eigenvalue weighted by Gasteiger charge is 2.08. The minimum atomic E-state index is -2.47. The van der Waals surface area contributed by atoms with E-state index in [0.717, 1.165) is 17.7 Å². The number of rotatable bonds is 7. The van der Waals surface area contributed by atoms with E-state index >= 15 is 0 Å². The Bertz CT molecular complexity index is 834. The number of nitrogens with zero attached hydrogens (tertiary/aromatic N) is 2. The molecule has 7 heteroatoms. The van der Waals surface area contributed by atoms with Crippen LogP contribution >= 0.6 is 11.8 Å². The number of carbonyl (C=O) groups excluding carboxylic acids is 1. The van der Waals surface area contributed by atoms with E-state index in [9.17, 15) is 13.6 Å². The summed E-state index contributed by atoms with van der Waals surface area (Å²) in [5.41, 5.74) is 2.57. The topological polar surface area (TPSA) is 46.9 Å². The molecule has 0 aliphatic heterocycles. The molecule has 1 heterocycles. The van der Waals surface area contributed by atoms with Crippen LogP contribution in [0, 0.1) is 0 Å². The van der Waals surface area contributed by atoms with Crippen LogP contribution in [0.25, 0.3) is 0 Å². The maximum absolute atomic E-state index is 12.3. The second-order valence-electron chi connectivity index (χ2n) is 5.64. The summed E-state index contributed by atoms with van der Waals surface area (Å²) in [4.78, 5) is 16.6. The van der Waals surface area contributed by atoms with E-state index in [0.29, 0.717) is 28.8 Å². The lowest BCUT2D eigenvalue weighted by Crippen LogP contribution is -2.22. The Labute approximate surface area is 154 Å². The average Bonchev–Trinajstić information content (AvgIpc) is 3.14. The van der Waals surface area contributed by atoms with Gasteiger partial charge in [-0.3, -0.25) is 4.79 Å². The number of aromatic nitrogens is 2. The highest BCUT2D eigenvalue weighted by atomic mass is 32.2. The zero-order chi connectivity index (χ0) is 18.4. The molecule has 0 aliphatic rings. The third-order valence-electron chi connectivity index (χ3n) is 3.74. The van der Waals surface area contributed by atoms with Gasteiger partial charge in [0.2, 0.25) is 0 Å². The molecule has 0 bridgehead atoms. The first-order valence-electron chi connectivity index (χ1n) is 7.97. The molecule has 3 rings (SSSR count). The van der Waals surface area contributed by atoms with Crippen molar-refractivity contribution >= 4 is 17.7 Å². The van der Waals surface area contributed by atoms with Crippen molar-refractivity contribution in [1.82, 2.24) is 14.9 Å². The number of nitrogens with one attached hydrogen (secondary N) is 1. The van der Waals surface area contributed by atoms with E-state index in [2.05, 4.69) is 10.3 Å². The van der Waals surface area contributed by atoms with E-state index in [1.165, 1.54) is 12.1 Å². The van der Waals surface area contributed by atoms with Crippen LogP contribution in [0.1, 0.15) is 21.5 Å². The first-order chi connectivity index (χ1) is 12.6. The minimum Gasteiger partial charge on any atom is -0.348 e. The summed E-state index contributed by atoms with van der Waals surface area (Å²) in [5, 5.41) is 2.83. The second-order valence-corrected chi connectivity index (χ2v) is 6.70. The van der Waals surface area contributed by atoms with Crippen LogP contribution in [-0.2, 0) is 13.1 Å². The monoisotopic (exact) mass is 373 g/mol. The molecule has 0 saturated carbocycles. The average molecular weight is 373 g/mol. The van der Waals surface area contributed by atoms with Crippen LogP contribution in [0.5, 0.6) is 0 Å². The molecule has 0 saturated heterocycles. The van der Waals surface area contributed by atoms with Crippen molar-refractivity contribution in [3.05, 3.63) is 83.9 Å². The summed E-state index contributed by atoms with van der Waals surface area (Å²) >= 11 is 0.461. The minimum absolute atomic E-state index is 0.235. The molecule has 26 heavy (non-hydrogen) atoms.